The van der Waals surface area contributed by atoms with Crippen molar-refractivity contribution in [2.24, 2.45) is 0 Å². The molecule has 0 aliphatic rings. The summed E-state index contributed by atoms with van der Waals surface area (Å²) in [5, 5.41) is 2.83. The molecule has 144 valence electrons. The van der Waals surface area contributed by atoms with Crippen molar-refractivity contribution in [2.75, 3.05) is 18.5 Å². The molecule has 1 amide bonds. The van der Waals surface area contributed by atoms with Crippen LogP contribution < -0.4 is 10.1 Å². The molecule has 5 nitrogen and oxygen atoms in total. The number of halogens is 1. The average molecular weight is 434 g/mol. The maximum atomic E-state index is 12.7. The third-order valence-electron chi connectivity index (χ3n) is 3.76. The molecule has 0 heterocycles. The number of esters is 1. The molecule has 0 saturated heterocycles. The van der Waals surface area contributed by atoms with Gasteiger partial charge in [0.1, 0.15) is 5.75 Å². The average Bonchev–Trinajstić information content (AvgIpc) is 2.67. The fourth-order valence-electron chi connectivity index (χ4n) is 2.30. The highest BCUT2D eigenvalue weighted by Gasteiger charge is 2.14. The van der Waals surface area contributed by atoms with Crippen LogP contribution in [-0.4, -0.2) is 25.1 Å². The van der Waals surface area contributed by atoms with Gasteiger partial charge in [0.15, 0.2) is 0 Å². The lowest BCUT2D eigenvalue weighted by Gasteiger charge is -2.12. The van der Waals surface area contributed by atoms with Crippen LogP contribution in [0, 0.1) is 0 Å². The lowest BCUT2D eigenvalue weighted by Crippen LogP contribution is -2.14. The first kappa shape index (κ1) is 21.0. The molecule has 2 aromatic rings. The van der Waals surface area contributed by atoms with Gasteiger partial charge in [-0.1, -0.05) is 36.2 Å². The number of carbonyl (C=O) groups is 2. The molecule has 6 heteroatoms. The van der Waals surface area contributed by atoms with Gasteiger partial charge in [-0.2, -0.15) is 0 Å². The Bertz CT molecular complexity index is 774. The van der Waals surface area contributed by atoms with Crippen LogP contribution in [0.2, 0.25) is 0 Å². The summed E-state index contributed by atoms with van der Waals surface area (Å²) < 4.78 is 11.6. The zero-order chi connectivity index (χ0) is 19.6. The van der Waals surface area contributed by atoms with Gasteiger partial charge < -0.3 is 14.8 Å². The summed E-state index contributed by atoms with van der Waals surface area (Å²) in [6, 6.07) is 12.0. The number of rotatable bonds is 9. The minimum Gasteiger partial charge on any atom is -0.493 e. The minimum absolute atomic E-state index is 0.274. The van der Waals surface area contributed by atoms with Gasteiger partial charge in [-0.15, -0.1) is 0 Å². The van der Waals surface area contributed by atoms with Crippen LogP contribution in [0.3, 0.4) is 0 Å². The number of unbranched alkanes of at least 4 members (excludes halogenated alkanes) is 1. The zero-order valence-corrected chi connectivity index (χ0v) is 17.2. The van der Waals surface area contributed by atoms with E-state index in [2.05, 4.69) is 28.2 Å². The molecule has 0 atom stereocenters. The molecule has 1 N–H and O–H groups in total. The molecule has 27 heavy (non-hydrogen) atoms. The predicted molar refractivity (Wildman–Crippen MR) is 110 cm³/mol. The lowest BCUT2D eigenvalue weighted by molar-refractivity contribution is 0.0505. The Kier molecular flexibility index (Phi) is 8.33. The summed E-state index contributed by atoms with van der Waals surface area (Å²) in [6.45, 7) is 4.97. The lowest BCUT2D eigenvalue weighted by atomic mass is 10.1. The summed E-state index contributed by atoms with van der Waals surface area (Å²) >= 11 is 3.39. The Morgan fingerprint density at radius 1 is 1.00 bits per heavy atom. The molecule has 0 aliphatic carbocycles. The molecular weight excluding hydrogens is 410 g/mol. The van der Waals surface area contributed by atoms with Gasteiger partial charge in [0.05, 0.1) is 24.3 Å². The molecule has 2 aromatic carbocycles. The van der Waals surface area contributed by atoms with Crippen LogP contribution in [0.5, 0.6) is 5.75 Å². The van der Waals surface area contributed by atoms with Gasteiger partial charge in [0.25, 0.3) is 5.91 Å². The van der Waals surface area contributed by atoms with E-state index in [0.29, 0.717) is 35.8 Å². The fraction of sp³-hybridized carbons (Fsp3) is 0.333. The summed E-state index contributed by atoms with van der Waals surface area (Å²) in [6.07, 6.45) is 2.72. The number of amides is 1. The second-order valence-corrected chi connectivity index (χ2v) is 6.93. The molecule has 0 saturated carbocycles. The fourth-order valence-corrected chi connectivity index (χ4v) is 2.66. The summed E-state index contributed by atoms with van der Waals surface area (Å²) in [7, 11) is 0. The number of nitrogens with one attached hydrogen (secondary N) is 1. The van der Waals surface area contributed by atoms with Crippen molar-refractivity contribution in [3.8, 4) is 5.75 Å². The third kappa shape index (κ3) is 6.40. The smallest absolute Gasteiger partial charge is 0.338 e. The zero-order valence-electron chi connectivity index (χ0n) is 15.6. The highest BCUT2D eigenvalue weighted by molar-refractivity contribution is 9.10. The number of ether oxygens (including phenoxy) is 2. The quantitative estimate of drug-likeness (QED) is 0.421. The van der Waals surface area contributed by atoms with Crippen molar-refractivity contribution in [3.05, 3.63) is 58.1 Å². The molecule has 0 radical (unpaired) electrons. The standard InChI is InChI=1S/C21H24BrNO4/c1-3-5-13-26-19-11-8-16(22)14-18(19)20(24)23-17-9-6-15(7-10-17)21(25)27-12-4-2/h6-11,14H,3-5,12-13H2,1-2H3,(H,23,24). The van der Waals surface area contributed by atoms with Crippen LogP contribution in [0.1, 0.15) is 53.8 Å². The summed E-state index contributed by atoms with van der Waals surface area (Å²) in [4.78, 5) is 24.5. The normalized spacial score (nSPS) is 10.3. The van der Waals surface area contributed by atoms with Crippen molar-refractivity contribution in [2.45, 2.75) is 33.1 Å². The van der Waals surface area contributed by atoms with Crippen molar-refractivity contribution < 1.29 is 19.1 Å². The minimum atomic E-state index is -0.367. The van der Waals surface area contributed by atoms with Crippen LogP contribution in [0.25, 0.3) is 0 Å². The van der Waals surface area contributed by atoms with Crippen molar-refractivity contribution >= 4 is 33.5 Å². The second kappa shape index (κ2) is 10.7. The van der Waals surface area contributed by atoms with Crippen LogP contribution in [0.15, 0.2) is 46.9 Å². The molecule has 0 unspecified atom stereocenters. The molecule has 0 fully saturated rings. The SMILES string of the molecule is CCCCOc1ccc(Br)cc1C(=O)Nc1ccc(C(=O)OCCC)cc1. The predicted octanol–water partition coefficient (Wildman–Crippen LogP) is 5.45. The molecule has 0 aliphatic heterocycles. The maximum absolute atomic E-state index is 12.7. The van der Waals surface area contributed by atoms with Gasteiger partial charge in [0, 0.05) is 10.2 Å². The largest absolute Gasteiger partial charge is 0.493 e. The Morgan fingerprint density at radius 3 is 2.41 bits per heavy atom. The van der Waals surface area contributed by atoms with Gasteiger partial charge in [-0.25, -0.2) is 4.79 Å². The van der Waals surface area contributed by atoms with Gasteiger partial charge in [-0.05, 0) is 55.3 Å². The molecular formula is C21H24BrNO4. The van der Waals surface area contributed by atoms with Gasteiger partial charge in [-0.3, -0.25) is 4.79 Å². The number of carbonyl (C=O) groups excluding carboxylic acids is 2. The van der Waals surface area contributed by atoms with E-state index in [1.165, 1.54) is 0 Å². The Labute approximate surface area is 168 Å². The van der Waals surface area contributed by atoms with Crippen molar-refractivity contribution in [1.29, 1.82) is 0 Å². The van der Waals surface area contributed by atoms with Crippen LogP contribution >= 0.6 is 15.9 Å². The van der Waals surface area contributed by atoms with E-state index in [0.717, 1.165) is 23.7 Å². The Balaban J connectivity index is 2.08. The first-order valence-electron chi connectivity index (χ1n) is 9.06. The Morgan fingerprint density at radius 2 is 1.74 bits per heavy atom. The van der Waals surface area contributed by atoms with E-state index in [1.807, 2.05) is 13.0 Å². The third-order valence-corrected chi connectivity index (χ3v) is 4.25. The Hall–Kier alpha value is -2.34. The second-order valence-electron chi connectivity index (χ2n) is 6.01. The van der Waals surface area contributed by atoms with Crippen molar-refractivity contribution in [3.63, 3.8) is 0 Å². The topological polar surface area (TPSA) is 64.6 Å². The number of hydrogen-bond donors (Lipinski definition) is 1. The van der Waals surface area contributed by atoms with Crippen LogP contribution in [-0.2, 0) is 4.74 Å². The molecule has 0 aromatic heterocycles. The van der Waals surface area contributed by atoms with Crippen molar-refractivity contribution in [1.82, 2.24) is 0 Å². The van der Waals surface area contributed by atoms with Gasteiger partial charge >= 0.3 is 5.97 Å². The van der Waals surface area contributed by atoms with E-state index in [4.69, 9.17) is 9.47 Å². The highest BCUT2D eigenvalue weighted by atomic mass is 79.9. The number of anilines is 1. The highest BCUT2D eigenvalue weighted by Crippen LogP contribution is 2.25. The number of hydrogen-bond acceptors (Lipinski definition) is 4. The maximum Gasteiger partial charge on any atom is 0.338 e. The van der Waals surface area contributed by atoms with E-state index >= 15 is 0 Å². The van der Waals surface area contributed by atoms with Crippen LogP contribution in [0.4, 0.5) is 5.69 Å². The van der Waals surface area contributed by atoms with E-state index in [1.54, 1.807) is 36.4 Å². The monoisotopic (exact) mass is 433 g/mol. The van der Waals surface area contributed by atoms with E-state index < -0.39 is 0 Å². The number of benzene rings is 2. The summed E-state index contributed by atoms with van der Waals surface area (Å²) in [5.41, 5.74) is 1.49. The van der Waals surface area contributed by atoms with Gasteiger partial charge in [0.2, 0.25) is 0 Å². The molecule has 0 bridgehead atoms. The van der Waals surface area contributed by atoms with E-state index in [9.17, 15) is 9.59 Å². The summed E-state index contributed by atoms with van der Waals surface area (Å²) in [5.74, 6) is -0.0960. The first-order chi connectivity index (χ1) is 13.0. The first-order valence-corrected chi connectivity index (χ1v) is 9.85. The molecule has 0 spiro atoms. The van der Waals surface area contributed by atoms with E-state index in [-0.39, 0.29) is 11.9 Å². The molecule has 2 rings (SSSR count).